The lowest BCUT2D eigenvalue weighted by Crippen LogP contribution is -2.30. The molecule has 6 heteroatoms. The molecule has 0 aliphatic carbocycles. The minimum Gasteiger partial charge on any atom is -0.462 e. The van der Waals surface area contributed by atoms with E-state index in [1.807, 2.05) is 0 Å². The zero-order valence-corrected chi connectivity index (χ0v) is 39.7. The van der Waals surface area contributed by atoms with Gasteiger partial charge in [-0.25, -0.2) is 0 Å². The van der Waals surface area contributed by atoms with E-state index in [1.165, 1.54) is 77.0 Å². The van der Waals surface area contributed by atoms with Crippen molar-refractivity contribution in [2.45, 2.75) is 232 Å². The minimum atomic E-state index is -0.806. The van der Waals surface area contributed by atoms with Gasteiger partial charge < -0.3 is 14.2 Å². The number of hydrogen-bond acceptors (Lipinski definition) is 6. The molecule has 61 heavy (non-hydrogen) atoms. The summed E-state index contributed by atoms with van der Waals surface area (Å²) in [6.07, 6.45) is 62.8. The Hall–Kier alpha value is -3.41. The van der Waals surface area contributed by atoms with Crippen LogP contribution in [0.3, 0.4) is 0 Å². The molecular weight excluding hydrogens is 757 g/mol. The fraction of sp³-hybridized carbons (Fsp3) is 0.691. The molecule has 0 aromatic carbocycles. The third kappa shape index (κ3) is 47.5. The smallest absolute Gasteiger partial charge is 0.306 e. The largest absolute Gasteiger partial charge is 0.462 e. The van der Waals surface area contributed by atoms with Gasteiger partial charge in [0, 0.05) is 19.3 Å². The van der Waals surface area contributed by atoms with Crippen molar-refractivity contribution in [2.75, 3.05) is 13.2 Å². The second kappa shape index (κ2) is 49.2. The van der Waals surface area contributed by atoms with Gasteiger partial charge in [-0.05, 0) is 116 Å². The molecule has 0 heterocycles. The highest BCUT2D eigenvalue weighted by Crippen LogP contribution is 2.12. The van der Waals surface area contributed by atoms with Crippen molar-refractivity contribution < 1.29 is 28.6 Å². The van der Waals surface area contributed by atoms with Crippen molar-refractivity contribution in [3.8, 4) is 0 Å². The average molecular weight is 849 g/mol. The molecule has 0 aromatic heterocycles. The molecule has 0 radical (unpaired) electrons. The number of carbonyl (C=O) groups is 3. The molecule has 348 valence electrons. The van der Waals surface area contributed by atoms with Crippen molar-refractivity contribution in [3.63, 3.8) is 0 Å². The highest BCUT2D eigenvalue weighted by Gasteiger charge is 2.19. The summed E-state index contributed by atoms with van der Waals surface area (Å²) < 4.78 is 16.7. The molecule has 0 saturated heterocycles. The molecule has 0 unspecified atom stereocenters. The quantitative estimate of drug-likeness (QED) is 0.0263. The van der Waals surface area contributed by atoms with E-state index >= 15 is 0 Å². The van der Waals surface area contributed by atoms with Gasteiger partial charge in [0.25, 0.3) is 0 Å². The first kappa shape index (κ1) is 57.6. The van der Waals surface area contributed by atoms with Crippen LogP contribution < -0.4 is 0 Å². The van der Waals surface area contributed by atoms with Crippen LogP contribution in [0.5, 0.6) is 0 Å². The lowest BCUT2D eigenvalue weighted by Gasteiger charge is -2.18. The number of hydrogen-bond donors (Lipinski definition) is 0. The third-order valence-electron chi connectivity index (χ3n) is 10.3. The van der Waals surface area contributed by atoms with Crippen LogP contribution in [0.1, 0.15) is 226 Å². The molecule has 0 bridgehead atoms. The Morgan fingerprint density at radius 3 is 1.02 bits per heavy atom. The summed E-state index contributed by atoms with van der Waals surface area (Å²) in [5.41, 5.74) is 0. The topological polar surface area (TPSA) is 78.9 Å². The zero-order chi connectivity index (χ0) is 44.4. The zero-order valence-electron chi connectivity index (χ0n) is 39.7. The normalized spacial score (nSPS) is 12.8. The van der Waals surface area contributed by atoms with Crippen LogP contribution in [0.25, 0.3) is 0 Å². The fourth-order valence-corrected chi connectivity index (χ4v) is 6.49. The number of esters is 3. The SMILES string of the molecule is CCCC/C=C\CCCCCCCC(=O)OC[C@@H](COC(=O)CCCC/C=C\C/C=C\C/C=C\CCCCC)OC(=O)CCCCCC/C=C\C/C=C\C/C=C\CCCCC. The lowest BCUT2D eigenvalue weighted by atomic mass is 10.1. The molecular formula is C55H92O6. The van der Waals surface area contributed by atoms with Gasteiger partial charge in [0.1, 0.15) is 13.2 Å². The Labute approximate surface area is 375 Å². The van der Waals surface area contributed by atoms with E-state index in [-0.39, 0.29) is 31.1 Å². The molecule has 0 N–H and O–H groups in total. The maximum atomic E-state index is 12.8. The van der Waals surface area contributed by atoms with E-state index in [0.717, 1.165) is 109 Å². The Bertz CT molecular complexity index is 1200. The lowest BCUT2D eigenvalue weighted by molar-refractivity contribution is -0.167. The summed E-state index contributed by atoms with van der Waals surface area (Å²) in [4.78, 5) is 37.9. The first-order chi connectivity index (χ1) is 30.0. The third-order valence-corrected chi connectivity index (χ3v) is 10.3. The summed E-state index contributed by atoms with van der Waals surface area (Å²) in [5, 5.41) is 0. The Kier molecular flexibility index (Phi) is 46.5. The van der Waals surface area contributed by atoms with Crippen LogP contribution in [0.15, 0.2) is 85.1 Å². The molecule has 6 nitrogen and oxygen atoms in total. The van der Waals surface area contributed by atoms with Crippen LogP contribution in [0, 0.1) is 0 Å². The van der Waals surface area contributed by atoms with Gasteiger partial charge in [0.15, 0.2) is 6.10 Å². The number of carbonyl (C=O) groups excluding carboxylic acids is 3. The summed E-state index contributed by atoms with van der Waals surface area (Å²) in [5.74, 6) is -0.978. The van der Waals surface area contributed by atoms with Gasteiger partial charge in [-0.3, -0.25) is 14.4 Å². The predicted molar refractivity (Wildman–Crippen MR) is 261 cm³/mol. The summed E-state index contributed by atoms with van der Waals surface area (Å²) in [7, 11) is 0. The second-order valence-corrected chi connectivity index (χ2v) is 16.4. The first-order valence-corrected chi connectivity index (χ1v) is 25.1. The minimum absolute atomic E-state index is 0.103. The van der Waals surface area contributed by atoms with Crippen molar-refractivity contribution in [2.24, 2.45) is 0 Å². The number of rotatable bonds is 44. The molecule has 0 aromatic rings. The van der Waals surface area contributed by atoms with Gasteiger partial charge in [0.05, 0.1) is 0 Å². The maximum absolute atomic E-state index is 12.8. The van der Waals surface area contributed by atoms with Crippen LogP contribution in [0.4, 0.5) is 0 Å². The predicted octanol–water partition coefficient (Wildman–Crippen LogP) is 16.4. The van der Waals surface area contributed by atoms with E-state index in [4.69, 9.17) is 14.2 Å². The molecule has 0 rings (SSSR count). The first-order valence-electron chi connectivity index (χ1n) is 25.1. The number of allylic oxidation sites excluding steroid dienone is 14. The van der Waals surface area contributed by atoms with Crippen LogP contribution >= 0.6 is 0 Å². The molecule has 0 amide bonds. The summed E-state index contributed by atoms with van der Waals surface area (Å²) in [6, 6.07) is 0. The van der Waals surface area contributed by atoms with E-state index in [0.29, 0.717) is 19.3 Å². The van der Waals surface area contributed by atoms with Crippen LogP contribution in [-0.4, -0.2) is 37.2 Å². The number of ether oxygens (including phenoxy) is 3. The highest BCUT2D eigenvalue weighted by atomic mass is 16.6. The highest BCUT2D eigenvalue weighted by molar-refractivity contribution is 5.71. The van der Waals surface area contributed by atoms with Crippen LogP contribution in [0.2, 0.25) is 0 Å². The van der Waals surface area contributed by atoms with Crippen LogP contribution in [-0.2, 0) is 28.6 Å². The van der Waals surface area contributed by atoms with E-state index < -0.39 is 6.10 Å². The maximum Gasteiger partial charge on any atom is 0.306 e. The molecule has 0 saturated carbocycles. The van der Waals surface area contributed by atoms with E-state index in [2.05, 4.69) is 106 Å². The molecule has 0 aliphatic heterocycles. The number of unbranched alkanes of at least 4 members (excludes halogenated alkanes) is 19. The van der Waals surface area contributed by atoms with E-state index in [9.17, 15) is 14.4 Å². The van der Waals surface area contributed by atoms with Gasteiger partial charge >= 0.3 is 17.9 Å². The van der Waals surface area contributed by atoms with Crippen molar-refractivity contribution >= 4 is 17.9 Å². The summed E-state index contributed by atoms with van der Waals surface area (Å²) >= 11 is 0. The van der Waals surface area contributed by atoms with Gasteiger partial charge in [-0.15, -0.1) is 0 Å². The van der Waals surface area contributed by atoms with Gasteiger partial charge in [-0.1, -0.05) is 176 Å². The second-order valence-electron chi connectivity index (χ2n) is 16.4. The van der Waals surface area contributed by atoms with Gasteiger partial charge in [-0.2, -0.15) is 0 Å². The standard InChI is InChI=1S/C55H92O6/c1-4-7-10-13-16-19-22-24-26-27-29-31-34-37-40-43-46-49-55(58)61-52(50-59-53(56)47-44-41-38-35-32-21-18-15-12-9-6-3)51-60-54(57)48-45-42-39-36-33-30-28-25-23-20-17-14-11-8-5-2/h15-20,24-26,28-29,31,33,36,52H,4-14,21-23,27,30,32,34-35,37-51H2,1-3H3/b18-15-,19-16-,20-17-,26-24-,28-25-,31-29-,36-33-/t52-/m0/s1. The molecule has 0 spiro atoms. The fourth-order valence-electron chi connectivity index (χ4n) is 6.49. The summed E-state index contributed by atoms with van der Waals surface area (Å²) in [6.45, 7) is 6.47. The van der Waals surface area contributed by atoms with Crippen molar-refractivity contribution in [3.05, 3.63) is 85.1 Å². The van der Waals surface area contributed by atoms with Crippen molar-refractivity contribution in [1.82, 2.24) is 0 Å². The Morgan fingerprint density at radius 1 is 0.328 bits per heavy atom. The Morgan fingerprint density at radius 2 is 0.607 bits per heavy atom. The average Bonchev–Trinajstić information content (AvgIpc) is 3.26. The van der Waals surface area contributed by atoms with Crippen molar-refractivity contribution in [1.29, 1.82) is 0 Å². The monoisotopic (exact) mass is 849 g/mol. The molecule has 0 aliphatic rings. The molecule has 0 fully saturated rings. The van der Waals surface area contributed by atoms with E-state index in [1.54, 1.807) is 0 Å². The Balaban J connectivity index is 4.50. The van der Waals surface area contributed by atoms with Gasteiger partial charge in [0.2, 0.25) is 0 Å². The molecule has 1 atom stereocenters.